The molecule has 0 spiro atoms. The van der Waals surface area contributed by atoms with Crippen LogP contribution in [0, 0.1) is 6.92 Å². The second kappa shape index (κ2) is 8.87. The van der Waals surface area contributed by atoms with Gasteiger partial charge in [-0.3, -0.25) is 9.78 Å². The van der Waals surface area contributed by atoms with Crippen LogP contribution in [-0.2, 0) is 0 Å². The lowest BCUT2D eigenvalue weighted by Crippen LogP contribution is -2.36. The Morgan fingerprint density at radius 3 is 2.65 bits per heavy atom. The van der Waals surface area contributed by atoms with Crippen molar-refractivity contribution in [2.24, 2.45) is 0 Å². The molecule has 2 aromatic rings. The summed E-state index contributed by atoms with van der Waals surface area (Å²) in [5.74, 6) is -0.0522. The van der Waals surface area contributed by atoms with Crippen LogP contribution in [0.5, 0.6) is 0 Å². The van der Waals surface area contributed by atoms with Gasteiger partial charge < -0.3 is 14.9 Å². The van der Waals surface area contributed by atoms with Crippen LogP contribution in [-0.4, -0.2) is 63.5 Å². The summed E-state index contributed by atoms with van der Waals surface area (Å²) in [6, 6.07) is 9.76. The van der Waals surface area contributed by atoms with E-state index in [0.717, 1.165) is 43.9 Å². The van der Waals surface area contributed by atoms with Crippen LogP contribution < -0.4 is 0 Å². The maximum absolute atomic E-state index is 12.6. The van der Waals surface area contributed by atoms with Gasteiger partial charge in [0.05, 0.1) is 18.0 Å². The number of aryl methyl sites for hydroxylation is 1. The number of benzene rings is 1. The van der Waals surface area contributed by atoms with E-state index >= 15 is 0 Å². The third kappa shape index (κ3) is 4.86. The van der Waals surface area contributed by atoms with Gasteiger partial charge in [-0.2, -0.15) is 0 Å². The van der Waals surface area contributed by atoms with Gasteiger partial charge in [0.25, 0.3) is 5.91 Å². The molecular weight excluding hydrogens is 328 g/mol. The van der Waals surface area contributed by atoms with E-state index in [1.807, 2.05) is 42.2 Å². The SMILES string of the molecule is Cc1cnc(C(=O)N2CCCN(CCC(O)c3ccccc3)CC2)cn1. The van der Waals surface area contributed by atoms with Gasteiger partial charge in [-0.1, -0.05) is 30.3 Å². The van der Waals surface area contributed by atoms with Crippen molar-refractivity contribution in [2.75, 3.05) is 32.7 Å². The van der Waals surface area contributed by atoms with Crippen molar-refractivity contribution >= 4 is 5.91 Å². The highest BCUT2D eigenvalue weighted by Gasteiger charge is 2.21. The van der Waals surface area contributed by atoms with E-state index in [9.17, 15) is 9.90 Å². The summed E-state index contributed by atoms with van der Waals surface area (Å²) in [5.41, 5.74) is 2.17. The highest BCUT2D eigenvalue weighted by atomic mass is 16.3. The lowest BCUT2D eigenvalue weighted by atomic mass is 10.1. The standard InChI is InChI=1S/C20H26N4O2/c1-16-14-22-18(15-21-16)20(26)24-10-5-9-23(12-13-24)11-8-19(25)17-6-3-2-4-7-17/h2-4,6-7,14-15,19,25H,5,8-13H2,1H3. The van der Waals surface area contributed by atoms with E-state index in [0.29, 0.717) is 18.7 Å². The molecule has 1 unspecified atom stereocenters. The van der Waals surface area contributed by atoms with Gasteiger partial charge in [0.15, 0.2) is 0 Å². The number of carbonyl (C=O) groups excluding carboxylic acids is 1. The minimum absolute atomic E-state index is 0.0522. The summed E-state index contributed by atoms with van der Waals surface area (Å²) >= 11 is 0. The van der Waals surface area contributed by atoms with Gasteiger partial charge in [0.2, 0.25) is 0 Å². The van der Waals surface area contributed by atoms with Crippen molar-refractivity contribution < 1.29 is 9.90 Å². The molecule has 1 aliphatic rings. The monoisotopic (exact) mass is 354 g/mol. The van der Waals surface area contributed by atoms with Crippen molar-refractivity contribution in [1.82, 2.24) is 19.8 Å². The van der Waals surface area contributed by atoms with Gasteiger partial charge in [0, 0.05) is 32.4 Å². The Balaban J connectivity index is 1.50. The zero-order valence-electron chi connectivity index (χ0n) is 15.2. The molecule has 1 aromatic carbocycles. The predicted molar refractivity (Wildman–Crippen MR) is 99.7 cm³/mol. The molecular formula is C20H26N4O2. The Morgan fingerprint density at radius 2 is 1.92 bits per heavy atom. The number of aliphatic hydroxyl groups excluding tert-OH is 1. The van der Waals surface area contributed by atoms with Crippen LogP contribution in [0.25, 0.3) is 0 Å². The van der Waals surface area contributed by atoms with Gasteiger partial charge in [0.1, 0.15) is 5.69 Å². The summed E-state index contributed by atoms with van der Waals surface area (Å²) < 4.78 is 0. The smallest absolute Gasteiger partial charge is 0.274 e. The number of hydrogen-bond acceptors (Lipinski definition) is 5. The Morgan fingerprint density at radius 1 is 1.12 bits per heavy atom. The number of aliphatic hydroxyl groups is 1. The molecule has 26 heavy (non-hydrogen) atoms. The summed E-state index contributed by atoms with van der Waals surface area (Å²) in [5, 5.41) is 10.3. The number of aromatic nitrogens is 2. The summed E-state index contributed by atoms with van der Waals surface area (Å²) in [7, 11) is 0. The van der Waals surface area contributed by atoms with Gasteiger partial charge in [-0.05, 0) is 31.9 Å². The molecule has 1 fully saturated rings. The topological polar surface area (TPSA) is 69.6 Å². The predicted octanol–water partition coefficient (Wildman–Crippen LogP) is 2.06. The normalized spacial score (nSPS) is 16.9. The van der Waals surface area contributed by atoms with Crippen molar-refractivity contribution in [3.63, 3.8) is 0 Å². The van der Waals surface area contributed by atoms with E-state index in [1.54, 1.807) is 12.4 Å². The molecule has 3 rings (SSSR count). The molecule has 0 saturated carbocycles. The van der Waals surface area contributed by atoms with Crippen LogP contribution in [0.15, 0.2) is 42.7 Å². The summed E-state index contributed by atoms with van der Waals surface area (Å²) in [6.45, 7) is 5.83. The molecule has 0 bridgehead atoms. The first kappa shape index (κ1) is 18.5. The average molecular weight is 354 g/mol. The van der Waals surface area contributed by atoms with E-state index in [2.05, 4.69) is 14.9 Å². The fourth-order valence-corrected chi connectivity index (χ4v) is 3.21. The lowest BCUT2D eigenvalue weighted by molar-refractivity contribution is 0.0753. The van der Waals surface area contributed by atoms with Crippen LogP contribution in [0.2, 0.25) is 0 Å². The Labute approximate surface area is 154 Å². The van der Waals surface area contributed by atoms with Crippen molar-refractivity contribution in [2.45, 2.75) is 25.9 Å². The van der Waals surface area contributed by atoms with Crippen LogP contribution >= 0.6 is 0 Å². The first-order valence-corrected chi connectivity index (χ1v) is 9.17. The maximum atomic E-state index is 12.6. The zero-order valence-corrected chi connectivity index (χ0v) is 15.2. The molecule has 2 heterocycles. The third-order valence-corrected chi connectivity index (χ3v) is 4.78. The minimum atomic E-state index is -0.444. The largest absolute Gasteiger partial charge is 0.388 e. The van der Waals surface area contributed by atoms with Crippen molar-refractivity contribution in [3.05, 3.63) is 59.7 Å². The Hall–Kier alpha value is -2.31. The molecule has 1 amide bonds. The van der Waals surface area contributed by atoms with Gasteiger partial charge in [-0.15, -0.1) is 0 Å². The zero-order chi connectivity index (χ0) is 18.4. The number of amides is 1. The highest BCUT2D eigenvalue weighted by Crippen LogP contribution is 2.17. The molecule has 1 aliphatic heterocycles. The van der Waals surface area contributed by atoms with Crippen molar-refractivity contribution in [1.29, 1.82) is 0 Å². The van der Waals surface area contributed by atoms with Crippen molar-refractivity contribution in [3.8, 4) is 0 Å². The quantitative estimate of drug-likeness (QED) is 0.890. The van der Waals surface area contributed by atoms with E-state index in [1.165, 1.54) is 0 Å². The van der Waals surface area contributed by atoms with E-state index in [-0.39, 0.29) is 5.91 Å². The van der Waals surface area contributed by atoms with E-state index < -0.39 is 6.10 Å². The number of nitrogens with zero attached hydrogens (tertiary/aromatic N) is 4. The summed E-state index contributed by atoms with van der Waals surface area (Å²) in [6.07, 6.45) is 4.35. The molecule has 0 radical (unpaired) electrons. The van der Waals surface area contributed by atoms with Gasteiger partial charge >= 0.3 is 0 Å². The molecule has 1 atom stereocenters. The van der Waals surface area contributed by atoms with Crippen LogP contribution in [0.4, 0.5) is 0 Å². The first-order chi connectivity index (χ1) is 12.6. The number of hydrogen-bond donors (Lipinski definition) is 1. The minimum Gasteiger partial charge on any atom is -0.388 e. The highest BCUT2D eigenvalue weighted by molar-refractivity contribution is 5.92. The third-order valence-electron chi connectivity index (χ3n) is 4.78. The van der Waals surface area contributed by atoms with E-state index in [4.69, 9.17) is 0 Å². The number of carbonyl (C=O) groups is 1. The second-order valence-electron chi connectivity index (χ2n) is 6.75. The number of rotatable bonds is 5. The molecule has 138 valence electrons. The summed E-state index contributed by atoms with van der Waals surface area (Å²) in [4.78, 5) is 25.1. The molecule has 1 saturated heterocycles. The second-order valence-corrected chi connectivity index (χ2v) is 6.75. The average Bonchev–Trinajstić information content (AvgIpc) is 2.92. The van der Waals surface area contributed by atoms with Gasteiger partial charge in [-0.25, -0.2) is 4.98 Å². The maximum Gasteiger partial charge on any atom is 0.274 e. The lowest BCUT2D eigenvalue weighted by Gasteiger charge is -2.22. The fourth-order valence-electron chi connectivity index (χ4n) is 3.21. The fraction of sp³-hybridized carbons (Fsp3) is 0.450. The Bertz CT molecular complexity index is 706. The molecule has 6 heteroatoms. The molecule has 0 aliphatic carbocycles. The first-order valence-electron chi connectivity index (χ1n) is 9.17. The Kier molecular flexibility index (Phi) is 6.30. The molecule has 6 nitrogen and oxygen atoms in total. The molecule has 1 N–H and O–H groups in total. The van der Waals surface area contributed by atoms with Crippen LogP contribution in [0.1, 0.15) is 40.7 Å². The molecule has 1 aromatic heterocycles. The van der Waals surface area contributed by atoms with Crippen LogP contribution in [0.3, 0.4) is 0 Å².